The molecule has 1 atom stereocenters. The normalized spacial score (nSPS) is 19.2. The molecule has 0 bridgehead atoms. The number of guanidine groups is 1. The Hall–Kier alpha value is -0.290. The highest BCUT2D eigenvalue weighted by Crippen LogP contribution is 2.15. The highest BCUT2D eigenvalue weighted by atomic mass is 127. The van der Waals surface area contributed by atoms with E-state index in [1.165, 1.54) is 11.9 Å². The molecule has 0 aliphatic carbocycles. The summed E-state index contributed by atoms with van der Waals surface area (Å²) in [4.78, 5) is 7.38. The minimum atomic E-state index is -4.16. The zero-order valence-electron chi connectivity index (χ0n) is 13.3. The summed E-state index contributed by atoms with van der Waals surface area (Å²) in [6.45, 7) is 2.21. The number of rotatable bonds is 6. The fourth-order valence-corrected chi connectivity index (χ4v) is 2.33. The molecule has 22 heavy (non-hydrogen) atoms. The zero-order chi connectivity index (χ0) is 15.9. The molecule has 0 saturated carbocycles. The molecule has 0 aromatic heterocycles. The highest BCUT2D eigenvalue weighted by molar-refractivity contribution is 14.0. The Labute approximate surface area is 147 Å². The van der Waals surface area contributed by atoms with Crippen LogP contribution in [0.2, 0.25) is 0 Å². The molecule has 1 aliphatic rings. The van der Waals surface area contributed by atoms with Crippen molar-refractivity contribution in [3.05, 3.63) is 0 Å². The number of nitrogens with zero attached hydrogens (tertiary/aromatic N) is 3. The lowest BCUT2D eigenvalue weighted by atomic mass is 10.1. The number of aliphatic imine (C=N–C) groups is 1. The second-order valence-electron chi connectivity index (χ2n) is 5.44. The van der Waals surface area contributed by atoms with Gasteiger partial charge >= 0.3 is 6.18 Å². The number of likely N-dealkylation sites (N-methyl/N-ethyl adjacent to an activating group) is 1. The lowest BCUT2D eigenvalue weighted by Crippen LogP contribution is -2.44. The second-order valence-corrected chi connectivity index (χ2v) is 5.44. The van der Waals surface area contributed by atoms with Crippen molar-refractivity contribution in [2.24, 2.45) is 10.9 Å². The van der Waals surface area contributed by atoms with E-state index >= 15 is 0 Å². The van der Waals surface area contributed by atoms with Gasteiger partial charge in [-0.25, -0.2) is 0 Å². The van der Waals surface area contributed by atoms with Gasteiger partial charge in [0.05, 0.1) is 13.2 Å². The lowest BCUT2D eigenvalue weighted by Gasteiger charge is -2.25. The smallest absolute Gasteiger partial charge is 0.381 e. The molecule has 132 valence electrons. The van der Waals surface area contributed by atoms with Crippen LogP contribution in [0.4, 0.5) is 13.2 Å². The van der Waals surface area contributed by atoms with E-state index in [0.29, 0.717) is 25.0 Å². The highest BCUT2D eigenvalue weighted by Gasteiger charge is 2.28. The van der Waals surface area contributed by atoms with E-state index in [9.17, 15) is 13.2 Å². The topological polar surface area (TPSA) is 40.1 Å². The van der Waals surface area contributed by atoms with Crippen molar-refractivity contribution in [1.82, 2.24) is 15.1 Å². The molecule has 0 aromatic rings. The van der Waals surface area contributed by atoms with E-state index in [4.69, 9.17) is 4.74 Å². The van der Waals surface area contributed by atoms with Gasteiger partial charge in [-0.3, -0.25) is 9.89 Å². The Balaban J connectivity index is 0.00000441. The third-order valence-electron chi connectivity index (χ3n) is 3.36. The van der Waals surface area contributed by atoms with Crippen molar-refractivity contribution < 1.29 is 17.9 Å². The predicted octanol–water partition coefficient (Wildman–Crippen LogP) is 1.64. The van der Waals surface area contributed by atoms with Gasteiger partial charge in [0, 0.05) is 46.3 Å². The second kappa shape index (κ2) is 10.5. The minimum absolute atomic E-state index is 0. The maximum Gasteiger partial charge on any atom is 0.401 e. The van der Waals surface area contributed by atoms with Gasteiger partial charge in [-0.05, 0) is 13.5 Å². The van der Waals surface area contributed by atoms with Crippen LogP contribution in [0.5, 0.6) is 0 Å². The lowest BCUT2D eigenvalue weighted by molar-refractivity contribution is -0.142. The number of hydrogen-bond donors (Lipinski definition) is 1. The first-order valence-electron chi connectivity index (χ1n) is 7.06. The van der Waals surface area contributed by atoms with Crippen molar-refractivity contribution in [2.45, 2.75) is 12.6 Å². The predicted molar refractivity (Wildman–Crippen MR) is 91.9 cm³/mol. The Morgan fingerprint density at radius 1 is 1.36 bits per heavy atom. The molecule has 1 N–H and O–H groups in total. The summed E-state index contributed by atoms with van der Waals surface area (Å²) in [7, 11) is 5.05. The van der Waals surface area contributed by atoms with Crippen LogP contribution in [0.25, 0.3) is 0 Å². The van der Waals surface area contributed by atoms with Crippen molar-refractivity contribution >= 4 is 29.9 Å². The van der Waals surface area contributed by atoms with Gasteiger partial charge in [-0.1, -0.05) is 0 Å². The maximum atomic E-state index is 12.2. The standard InChI is InChI=1S/C13H25F3N4O.HI/c1-17-12(20(3)8-11-4-7-21-9-11)18-5-6-19(2)10-13(14,15)16;/h11H,4-10H2,1-3H3,(H,17,18);1H. The van der Waals surface area contributed by atoms with Crippen LogP contribution in [0.15, 0.2) is 4.99 Å². The summed E-state index contributed by atoms with van der Waals surface area (Å²) in [6.07, 6.45) is -3.12. The van der Waals surface area contributed by atoms with Gasteiger partial charge < -0.3 is 15.0 Å². The maximum absolute atomic E-state index is 12.2. The number of alkyl halides is 3. The number of halogens is 4. The van der Waals surface area contributed by atoms with Crippen molar-refractivity contribution in [2.75, 3.05) is 60.5 Å². The number of ether oxygens (including phenoxy) is 1. The molecule has 1 rings (SSSR count). The summed E-state index contributed by atoms with van der Waals surface area (Å²) in [5.41, 5.74) is 0. The fourth-order valence-electron chi connectivity index (χ4n) is 2.33. The summed E-state index contributed by atoms with van der Waals surface area (Å²) >= 11 is 0. The molecule has 1 aliphatic heterocycles. The fraction of sp³-hybridized carbons (Fsp3) is 0.923. The first-order chi connectivity index (χ1) is 9.81. The van der Waals surface area contributed by atoms with Gasteiger partial charge in [0.15, 0.2) is 5.96 Å². The molecular formula is C13H26F3IN4O. The molecule has 1 unspecified atom stereocenters. The quantitative estimate of drug-likeness (QED) is 0.389. The van der Waals surface area contributed by atoms with Gasteiger partial charge in [-0.2, -0.15) is 13.2 Å². The first-order valence-corrected chi connectivity index (χ1v) is 7.06. The van der Waals surface area contributed by atoms with E-state index in [0.717, 1.165) is 26.2 Å². The Bertz CT molecular complexity index is 336. The summed E-state index contributed by atoms with van der Waals surface area (Å²) in [5.74, 6) is 1.18. The van der Waals surface area contributed by atoms with E-state index in [1.54, 1.807) is 7.05 Å². The molecule has 0 radical (unpaired) electrons. The average molecular weight is 438 g/mol. The van der Waals surface area contributed by atoms with Crippen LogP contribution < -0.4 is 5.32 Å². The van der Waals surface area contributed by atoms with Crippen LogP contribution in [-0.4, -0.2) is 82.5 Å². The molecule has 0 amide bonds. The number of nitrogens with one attached hydrogen (secondary N) is 1. The molecular weight excluding hydrogens is 412 g/mol. The van der Waals surface area contributed by atoms with Crippen LogP contribution in [0.3, 0.4) is 0 Å². The van der Waals surface area contributed by atoms with E-state index in [1.807, 2.05) is 11.9 Å². The number of hydrogen-bond acceptors (Lipinski definition) is 3. The monoisotopic (exact) mass is 438 g/mol. The molecule has 1 fully saturated rings. The minimum Gasteiger partial charge on any atom is -0.381 e. The van der Waals surface area contributed by atoms with E-state index in [2.05, 4.69) is 10.3 Å². The van der Waals surface area contributed by atoms with Gasteiger partial charge in [0.2, 0.25) is 0 Å². The summed E-state index contributed by atoms with van der Waals surface area (Å²) in [5, 5.41) is 3.09. The van der Waals surface area contributed by atoms with Crippen LogP contribution in [-0.2, 0) is 4.74 Å². The van der Waals surface area contributed by atoms with Gasteiger partial charge in [0.25, 0.3) is 0 Å². The molecule has 1 heterocycles. The van der Waals surface area contributed by atoms with E-state index < -0.39 is 12.7 Å². The van der Waals surface area contributed by atoms with Crippen LogP contribution in [0, 0.1) is 5.92 Å². The Morgan fingerprint density at radius 3 is 2.55 bits per heavy atom. The van der Waals surface area contributed by atoms with Gasteiger partial charge in [-0.15, -0.1) is 24.0 Å². The molecule has 1 saturated heterocycles. The molecule has 9 heteroatoms. The molecule has 0 spiro atoms. The van der Waals surface area contributed by atoms with Crippen molar-refractivity contribution in [3.8, 4) is 0 Å². The van der Waals surface area contributed by atoms with Crippen LogP contribution in [0.1, 0.15) is 6.42 Å². The summed E-state index contributed by atoms with van der Waals surface area (Å²) < 4.78 is 42.0. The Kier molecular flexibility index (Phi) is 10.3. The third-order valence-corrected chi connectivity index (χ3v) is 3.36. The van der Waals surface area contributed by atoms with Crippen molar-refractivity contribution in [1.29, 1.82) is 0 Å². The molecule has 5 nitrogen and oxygen atoms in total. The molecule has 0 aromatic carbocycles. The first kappa shape index (κ1) is 21.7. The largest absolute Gasteiger partial charge is 0.401 e. The van der Waals surface area contributed by atoms with Crippen LogP contribution >= 0.6 is 24.0 Å². The van der Waals surface area contributed by atoms with Crippen molar-refractivity contribution in [3.63, 3.8) is 0 Å². The van der Waals surface area contributed by atoms with E-state index in [-0.39, 0.29) is 24.0 Å². The SMILES string of the molecule is CN=C(NCCN(C)CC(F)(F)F)N(C)CC1CCOC1.I. The summed E-state index contributed by atoms with van der Waals surface area (Å²) in [6, 6.07) is 0. The van der Waals surface area contributed by atoms with Gasteiger partial charge in [0.1, 0.15) is 0 Å². The Morgan fingerprint density at radius 2 is 2.05 bits per heavy atom. The third kappa shape index (κ3) is 8.99. The zero-order valence-corrected chi connectivity index (χ0v) is 15.6. The average Bonchev–Trinajstić information content (AvgIpc) is 2.85.